The van der Waals surface area contributed by atoms with Crippen LogP contribution in [0.2, 0.25) is 0 Å². The molecule has 2 amide bonds. The predicted molar refractivity (Wildman–Crippen MR) is 109 cm³/mol. The first-order chi connectivity index (χ1) is 13.2. The van der Waals surface area contributed by atoms with Crippen LogP contribution < -0.4 is 20.3 Å². The number of fused-ring (bicyclic) bond motifs is 1. The lowest BCUT2D eigenvalue weighted by Gasteiger charge is -2.32. The second-order valence-electron chi connectivity index (χ2n) is 7.63. The van der Waals surface area contributed by atoms with Gasteiger partial charge in [0.15, 0.2) is 0 Å². The summed E-state index contributed by atoms with van der Waals surface area (Å²) in [6.07, 6.45) is 3.28. The summed E-state index contributed by atoms with van der Waals surface area (Å²) in [7, 11) is 0. The van der Waals surface area contributed by atoms with Gasteiger partial charge in [0.05, 0.1) is 6.04 Å². The summed E-state index contributed by atoms with van der Waals surface area (Å²) in [6.45, 7) is 5.03. The third-order valence-corrected chi connectivity index (χ3v) is 5.49. The van der Waals surface area contributed by atoms with E-state index in [2.05, 4.69) is 34.6 Å². The topological polar surface area (TPSA) is 53.6 Å². The summed E-state index contributed by atoms with van der Waals surface area (Å²) in [5.74, 6) is 1.74. The minimum atomic E-state index is -0.192. The third-order valence-electron chi connectivity index (χ3n) is 5.49. The minimum Gasteiger partial charge on any atom is -0.491 e. The average molecular weight is 365 g/mol. The number of carbonyl (C=O) groups is 1. The van der Waals surface area contributed by atoms with Gasteiger partial charge in [-0.3, -0.25) is 0 Å². The number of nitrogens with zero attached hydrogens (tertiary/aromatic N) is 1. The molecular weight excluding hydrogens is 338 g/mol. The zero-order valence-electron chi connectivity index (χ0n) is 15.8. The van der Waals surface area contributed by atoms with Crippen molar-refractivity contribution in [2.45, 2.75) is 32.2 Å². The van der Waals surface area contributed by atoms with Crippen molar-refractivity contribution in [3.63, 3.8) is 0 Å². The molecular formula is C22H27N3O2. The van der Waals surface area contributed by atoms with Gasteiger partial charge >= 0.3 is 6.03 Å². The van der Waals surface area contributed by atoms with Crippen LogP contribution in [0.25, 0.3) is 0 Å². The highest BCUT2D eigenvalue weighted by Crippen LogP contribution is 2.25. The number of anilines is 2. The zero-order chi connectivity index (χ0) is 18.6. The molecule has 2 aliphatic rings. The van der Waals surface area contributed by atoms with Crippen LogP contribution in [0.4, 0.5) is 16.2 Å². The Morgan fingerprint density at radius 2 is 1.81 bits per heavy atom. The molecule has 1 fully saturated rings. The second kappa shape index (κ2) is 7.91. The molecule has 0 saturated carbocycles. The van der Waals surface area contributed by atoms with Crippen molar-refractivity contribution < 1.29 is 9.53 Å². The van der Waals surface area contributed by atoms with E-state index in [1.807, 2.05) is 36.4 Å². The van der Waals surface area contributed by atoms with E-state index in [0.29, 0.717) is 6.61 Å². The predicted octanol–water partition coefficient (Wildman–Crippen LogP) is 4.05. The summed E-state index contributed by atoms with van der Waals surface area (Å²) < 4.78 is 5.73. The van der Waals surface area contributed by atoms with Gasteiger partial charge in [-0.25, -0.2) is 4.79 Å². The van der Waals surface area contributed by atoms with Crippen LogP contribution in [0.15, 0.2) is 48.5 Å². The number of hydrogen-bond acceptors (Lipinski definition) is 3. The molecule has 1 atom stereocenters. The van der Waals surface area contributed by atoms with Crippen molar-refractivity contribution in [2.24, 2.45) is 5.92 Å². The molecule has 2 aromatic rings. The summed E-state index contributed by atoms with van der Waals surface area (Å²) >= 11 is 0. The molecule has 0 spiro atoms. The highest BCUT2D eigenvalue weighted by Gasteiger charge is 2.21. The molecule has 5 nitrogen and oxygen atoms in total. The van der Waals surface area contributed by atoms with Gasteiger partial charge in [-0.1, -0.05) is 25.1 Å². The summed E-state index contributed by atoms with van der Waals surface area (Å²) in [5, 5.41) is 5.93. The molecule has 2 aliphatic heterocycles. The number of amides is 2. The summed E-state index contributed by atoms with van der Waals surface area (Å²) in [6, 6.07) is 15.9. The maximum Gasteiger partial charge on any atom is 0.319 e. The smallest absolute Gasteiger partial charge is 0.319 e. The molecule has 4 rings (SSSR count). The number of carbonyl (C=O) groups excluding carboxylic acids is 1. The van der Waals surface area contributed by atoms with Crippen LogP contribution >= 0.6 is 0 Å². The number of rotatable bonds is 3. The van der Waals surface area contributed by atoms with Gasteiger partial charge in [-0.15, -0.1) is 0 Å². The van der Waals surface area contributed by atoms with Crippen molar-refractivity contribution in [1.82, 2.24) is 5.32 Å². The molecule has 1 saturated heterocycles. The molecule has 0 aromatic heterocycles. The number of hydrogen-bond donors (Lipinski definition) is 2. The molecule has 0 radical (unpaired) electrons. The number of nitrogens with one attached hydrogen (secondary N) is 2. The molecule has 142 valence electrons. The van der Waals surface area contributed by atoms with Gasteiger partial charge in [-0.2, -0.15) is 0 Å². The molecule has 27 heavy (non-hydrogen) atoms. The Hall–Kier alpha value is -2.69. The Morgan fingerprint density at radius 3 is 2.59 bits per heavy atom. The SMILES string of the molecule is CC1CCN(c2ccc(NC(=O)N[C@@H]3COc4ccccc4C3)cc2)CC1. The third kappa shape index (κ3) is 4.35. The fourth-order valence-electron chi connectivity index (χ4n) is 3.80. The van der Waals surface area contributed by atoms with Crippen LogP contribution in [0.5, 0.6) is 5.75 Å². The highest BCUT2D eigenvalue weighted by atomic mass is 16.5. The van der Waals surface area contributed by atoms with E-state index in [0.717, 1.165) is 42.4 Å². The Kier molecular flexibility index (Phi) is 5.19. The fraction of sp³-hybridized carbons (Fsp3) is 0.409. The highest BCUT2D eigenvalue weighted by molar-refractivity contribution is 5.89. The van der Waals surface area contributed by atoms with Crippen LogP contribution in [-0.2, 0) is 6.42 Å². The van der Waals surface area contributed by atoms with E-state index in [1.54, 1.807) is 0 Å². The second-order valence-corrected chi connectivity index (χ2v) is 7.63. The maximum atomic E-state index is 12.3. The molecule has 2 N–H and O–H groups in total. The Bertz CT molecular complexity index is 782. The van der Waals surface area contributed by atoms with Crippen molar-refractivity contribution in [2.75, 3.05) is 29.9 Å². The van der Waals surface area contributed by atoms with Crippen LogP contribution in [0.3, 0.4) is 0 Å². The largest absolute Gasteiger partial charge is 0.491 e. The van der Waals surface area contributed by atoms with E-state index >= 15 is 0 Å². The number of benzene rings is 2. The van der Waals surface area contributed by atoms with Gasteiger partial charge in [0.2, 0.25) is 0 Å². The number of piperidine rings is 1. The van der Waals surface area contributed by atoms with Crippen molar-refractivity contribution in [1.29, 1.82) is 0 Å². The Labute approximate surface area is 160 Å². The van der Waals surface area contributed by atoms with Gasteiger partial charge in [0, 0.05) is 24.5 Å². The summed E-state index contributed by atoms with van der Waals surface area (Å²) in [4.78, 5) is 14.7. The average Bonchev–Trinajstić information content (AvgIpc) is 2.69. The van der Waals surface area contributed by atoms with Crippen molar-refractivity contribution in [3.8, 4) is 5.75 Å². The number of para-hydroxylation sites is 1. The minimum absolute atomic E-state index is 0.0190. The Morgan fingerprint density at radius 1 is 1.07 bits per heavy atom. The first kappa shape index (κ1) is 17.7. The fourth-order valence-corrected chi connectivity index (χ4v) is 3.80. The lowest BCUT2D eigenvalue weighted by molar-refractivity contribution is 0.222. The lowest BCUT2D eigenvalue weighted by atomic mass is 9.99. The first-order valence-corrected chi connectivity index (χ1v) is 9.80. The van der Waals surface area contributed by atoms with Gasteiger partial charge in [0.25, 0.3) is 0 Å². The van der Waals surface area contributed by atoms with Crippen LogP contribution in [0, 0.1) is 5.92 Å². The van der Waals surface area contributed by atoms with E-state index < -0.39 is 0 Å². The first-order valence-electron chi connectivity index (χ1n) is 9.80. The standard InChI is InChI=1S/C22H27N3O2/c1-16-10-12-25(13-11-16)20-8-6-18(7-9-20)23-22(26)24-19-14-17-4-2-3-5-21(17)27-15-19/h2-9,16,19H,10-15H2,1H3,(H2,23,24,26)/t19-/m0/s1. The van der Waals surface area contributed by atoms with Crippen LogP contribution in [0.1, 0.15) is 25.3 Å². The number of urea groups is 1. The molecule has 2 aromatic carbocycles. The van der Waals surface area contributed by atoms with Gasteiger partial charge in [0.1, 0.15) is 12.4 Å². The molecule has 2 heterocycles. The number of ether oxygens (including phenoxy) is 1. The molecule has 0 unspecified atom stereocenters. The molecule has 0 aliphatic carbocycles. The molecule has 0 bridgehead atoms. The van der Waals surface area contributed by atoms with E-state index in [9.17, 15) is 4.79 Å². The van der Waals surface area contributed by atoms with Gasteiger partial charge in [-0.05, 0) is 61.1 Å². The van der Waals surface area contributed by atoms with Crippen LogP contribution in [-0.4, -0.2) is 31.8 Å². The van der Waals surface area contributed by atoms with E-state index in [1.165, 1.54) is 18.5 Å². The van der Waals surface area contributed by atoms with E-state index in [-0.39, 0.29) is 12.1 Å². The normalized spacial score (nSPS) is 19.7. The lowest BCUT2D eigenvalue weighted by Crippen LogP contribution is -2.44. The quantitative estimate of drug-likeness (QED) is 0.863. The maximum absolute atomic E-state index is 12.3. The monoisotopic (exact) mass is 365 g/mol. The van der Waals surface area contributed by atoms with Crippen molar-refractivity contribution in [3.05, 3.63) is 54.1 Å². The zero-order valence-corrected chi connectivity index (χ0v) is 15.8. The Balaban J connectivity index is 1.30. The van der Waals surface area contributed by atoms with Crippen molar-refractivity contribution >= 4 is 17.4 Å². The van der Waals surface area contributed by atoms with E-state index in [4.69, 9.17) is 4.74 Å². The summed E-state index contributed by atoms with van der Waals surface area (Å²) in [5.41, 5.74) is 3.16. The molecule has 5 heteroatoms. The van der Waals surface area contributed by atoms with Gasteiger partial charge < -0.3 is 20.3 Å².